The van der Waals surface area contributed by atoms with Gasteiger partial charge in [0.2, 0.25) is 0 Å². The number of amides is 2. The van der Waals surface area contributed by atoms with Crippen LogP contribution in [-0.4, -0.2) is 30.6 Å². The zero-order valence-corrected chi connectivity index (χ0v) is 11.5. The molecule has 1 aliphatic rings. The van der Waals surface area contributed by atoms with Gasteiger partial charge in [-0.25, -0.2) is 4.79 Å². The van der Waals surface area contributed by atoms with Crippen LogP contribution in [0.25, 0.3) is 0 Å². The molecule has 0 aromatic rings. The lowest BCUT2D eigenvalue weighted by Crippen LogP contribution is -2.46. The standard InChI is InChI=1S/C14H28N2O/c1-3-4-5-9-12-16(14(17)15-2)13-10-7-6-8-11-13/h13H,3-12H2,1-2H3,(H,15,17). The van der Waals surface area contributed by atoms with Gasteiger partial charge in [-0.1, -0.05) is 45.4 Å². The van der Waals surface area contributed by atoms with E-state index >= 15 is 0 Å². The van der Waals surface area contributed by atoms with Crippen molar-refractivity contribution in [3.05, 3.63) is 0 Å². The molecule has 0 aromatic carbocycles. The zero-order chi connectivity index (χ0) is 12.5. The van der Waals surface area contributed by atoms with Crippen molar-refractivity contribution in [2.45, 2.75) is 70.8 Å². The summed E-state index contributed by atoms with van der Waals surface area (Å²) < 4.78 is 0. The van der Waals surface area contributed by atoms with E-state index in [4.69, 9.17) is 0 Å². The molecule has 3 heteroatoms. The van der Waals surface area contributed by atoms with Crippen molar-refractivity contribution < 1.29 is 4.79 Å². The van der Waals surface area contributed by atoms with E-state index in [0.717, 1.165) is 13.0 Å². The number of urea groups is 1. The van der Waals surface area contributed by atoms with Gasteiger partial charge in [0.05, 0.1) is 0 Å². The van der Waals surface area contributed by atoms with Crippen molar-refractivity contribution in [3.8, 4) is 0 Å². The first-order valence-corrected chi connectivity index (χ1v) is 7.28. The predicted molar refractivity (Wildman–Crippen MR) is 72.2 cm³/mol. The molecular weight excluding hydrogens is 212 g/mol. The molecule has 1 fully saturated rings. The molecule has 0 radical (unpaired) electrons. The molecule has 0 atom stereocenters. The molecule has 0 unspecified atom stereocenters. The highest BCUT2D eigenvalue weighted by Crippen LogP contribution is 2.23. The van der Waals surface area contributed by atoms with Crippen LogP contribution in [0.3, 0.4) is 0 Å². The molecule has 1 saturated carbocycles. The topological polar surface area (TPSA) is 32.3 Å². The molecule has 0 bridgehead atoms. The maximum absolute atomic E-state index is 11.9. The normalized spacial score (nSPS) is 16.8. The Morgan fingerprint density at radius 3 is 2.47 bits per heavy atom. The number of carbonyl (C=O) groups excluding carboxylic acids is 1. The number of nitrogens with one attached hydrogen (secondary N) is 1. The Bertz CT molecular complexity index is 212. The quantitative estimate of drug-likeness (QED) is 0.708. The Labute approximate surface area is 106 Å². The van der Waals surface area contributed by atoms with E-state index in [1.54, 1.807) is 7.05 Å². The van der Waals surface area contributed by atoms with Gasteiger partial charge < -0.3 is 10.2 Å². The average Bonchev–Trinajstić information content (AvgIpc) is 2.39. The van der Waals surface area contributed by atoms with Crippen LogP contribution in [0.15, 0.2) is 0 Å². The maximum Gasteiger partial charge on any atom is 0.317 e. The SMILES string of the molecule is CCCCCCN(C(=O)NC)C1CCCCC1. The first kappa shape index (κ1) is 14.3. The number of carbonyl (C=O) groups is 1. The van der Waals surface area contributed by atoms with Gasteiger partial charge in [0.25, 0.3) is 0 Å². The van der Waals surface area contributed by atoms with Gasteiger partial charge >= 0.3 is 6.03 Å². The zero-order valence-electron chi connectivity index (χ0n) is 11.5. The molecule has 17 heavy (non-hydrogen) atoms. The highest BCUT2D eigenvalue weighted by molar-refractivity contribution is 5.74. The summed E-state index contributed by atoms with van der Waals surface area (Å²) in [6.45, 7) is 3.15. The molecule has 2 amide bonds. The highest BCUT2D eigenvalue weighted by atomic mass is 16.2. The third-order valence-electron chi connectivity index (χ3n) is 3.74. The van der Waals surface area contributed by atoms with Crippen molar-refractivity contribution in [3.63, 3.8) is 0 Å². The lowest BCUT2D eigenvalue weighted by molar-refractivity contribution is 0.155. The lowest BCUT2D eigenvalue weighted by atomic mass is 9.94. The van der Waals surface area contributed by atoms with Crippen LogP contribution < -0.4 is 5.32 Å². The minimum absolute atomic E-state index is 0.119. The number of nitrogens with zero attached hydrogens (tertiary/aromatic N) is 1. The van der Waals surface area contributed by atoms with Gasteiger partial charge in [-0.15, -0.1) is 0 Å². The third kappa shape index (κ3) is 4.97. The number of unbranched alkanes of at least 4 members (excludes halogenated alkanes) is 3. The van der Waals surface area contributed by atoms with E-state index in [-0.39, 0.29) is 6.03 Å². The molecule has 0 aromatic heterocycles. The summed E-state index contributed by atoms with van der Waals surface area (Å²) in [4.78, 5) is 14.0. The largest absolute Gasteiger partial charge is 0.341 e. The molecule has 3 nitrogen and oxygen atoms in total. The molecule has 0 aliphatic heterocycles. The van der Waals surface area contributed by atoms with Gasteiger partial charge in [-0.05, 0) is 19.3 Å². The fraction of sp³-hybridized carbons (Fsp3) is 0.929. The Morgan fingerprint density at radius 1 is 1.18 bits per heavy atom. The number of hydrogen-bond donors (Lipinski definition) is 1. The average molecular weight is 240 g/mol. The summed E-state index contributed by atoms with van der Waals surface area (Å²) in [5, 5.41) is 2.79. The second-order valence-corrected chi connectivity index (χ2v) is 5.10. The molecule has 1 aliphatic carbocycles. The second kappa shape index (κ2) is 8.37. The van der Waals surface area contributed by atoms with E-state index in [0.29, 0.717) is 6.04 Å². The predicted octanol–water partition coefficient (Wildman–Crippen LogP) is 3.54. The van der Waals surface area contributed by atoms with Gasteiger partial charge in [0, 0.05) is 19.6 Å². The van der Waals surface area contributed by atoms with Crippen molar-refractivity contribution in [2.75, 3.05) is 13.6 Å². The van der Waals surface area contributed by atoms with Gasteiger partial charge in [0.1, 0.15) is 0 Å². The van der Waals surface area contributed by atoms with Crippen molar-refractivity contribution >= 4 is 6.03 Å². The fourth-order valence-corrected chi connectivity index (χ4v) is 2.70. The Morgan fingerprint density at radius 2 is 1.88 bits per heavy atom. The Balaban J connectivity index is 2.39. The van der Waals surface area contributed by atoms with E-state index in [1.807, 2.05) is 0 Å². The van der Waals surface area contributed by atoms with Crippen molar-refractivity contribution in [1.29, 1.82) is 0 Å². The summed E-state index contributed by atoms with van der Waals surface area (Å²) in [7, 11) is 1.74. The minimum atomic E-state index is 0.119. The number of rotatable bonds is 6. The van der Waals surface area contributed by atoms with E-state index in [1.165, 1.54) is 51.4 Å². The van der Waals surface area contributed by atoms with Crippen LogP contribution >= 0.6 is 0 Å². The third-order valence-corrected chi connectivity index (χ3v) is 3.74. The van der Waals surface area contributed by atoms with Crippen LogP contribution in [0.1, 0.15) is 64.7 Å². The summed E-state index contributed by atoms with van der Waals surface area (Å²) in [5.74, 6) is 0. The van der Waals surface area contributed by atoms with Crippen LogP contribution in [0, 0.1) is 0 Å². The summed E-state index contributed by atoms with van der Waals surface area (Å²) >= 11 is 0. The van der Waals surface area contributed by atoms with Crippen LogP contribution in [0.4, 0.5) is 4.79 Å². The second-order valence-electron chi connectivity index (χ2n) is 5.10. The molecule has 1 rings (SSSR count). The summed E-state index contributed by atoms with van der Waals surface area (Å²) in [6, 6.07) is 0.610. The monoisotopic (exact) mass is 240 g/mol. The van der Waals surface area contributed by atoms with Gasteiger partial charge in [0.15, 0.2) is 0 Å². The van der Waals surface area contributed by atoms with E-state index in [9.17, 15) is 4.79 Å². The molecular formula is C14H28N2O. The molecule has 0 heterocycles. The summed E-state index contributed by atoms with van der Waals surface area (Å²) in [6.07, 6.45) is 11.2. The minimum Gasteiger partial charge on any atom is -0.341 e. The maximum atomic E-state index is 11.9. The van der Waals surface area contributed by atoms with Crippen LogP contribution in [0.5, 0.6) is 0 Å². The van der Waals surface area contributed by atoms with E-state index in [2.05, 4.69) is 17.1 Å². The molecule has 0 spiro atoms. The molecule has 1 N–H and O–H groups in total. The van der Waals surface area contributed by atoms with Gasteiger partial charge in [-0.2, -0.15) is 0 Å². The Kier molecular flexibility index (Phi) is 7.06. The first-order valence-electron chi connectivity index (χ1n) is 7.28. The number of hydrogen-bond acceptors (Lipinski definition) is 1. The van der Waals surface area contributed by atoms with Crippen LogP contribution in [0.2, 0.25) is 0 Å². The lowest BCUT2D eigenvalue weighted by Gasteiger charge is -2.34. The summed E-state index contributed by atoms with van der Waals surface area (Å²) in [5.41, 5.74) is 0. The molecule has 0 saturated heterocycles. The van der Waals surface area contributed by atoms with Crippen LogP contribution in [-0.2, 0) is 0 Å². The van der Waals surface area contributed by atoms with E-state index < -0.39 is 0 Å². The van der Waals surface area contributed by atoms with Crippen molar-refractivity contribution in [2.24, 2.45) is 0 Å². The van der Waals surface area contributed by atoms with Crippen molar-refractivity contribution in [1.82, 2.24) is 10.2 Å². The van der Waals surface area contributed by atoms with Gasteiger partial charge in [-0.3, -0.25) is 0 Å². The molecule has 100 valence electrons. The Hall–Kier alpha value is -0.730. The fourth-order valence-electron chi connectivity index (χ4n) is 2.70. The first-order chi connectivity index (χ1) is 8.29. The highest BCUT2D eigenvalue weighted by Gasteiger charge is 2.23. The smallest absolute Gasteiger partial charge is 0.317 e.